The van der Waals surface area contributed by atoms with E-state index in [2.05, 4.69) is 22.9 Å². The monoisotopic (exact) mass is 272 g/mol. The normalized spacial score (nSPS) is 10.0. The van der Waals surface area contributed by atoms with Crippen LogP contribution in [-0.4, -0.2) is 18.0 Å². The molecule has 82 valence electrons. The summed E-state index contributed by atoms with van der Waals surface area (Å²) in [5, 5.41) is 9.44. The molecule has 4 heteroatoms. The second-order valence-electron chi connectivity index (χ2n) is 3.16. The van der Waals surface area contributed by atoms with Gasteiger partial charge in [0, 0.05) is 6.07 Å². The Labute approximate surface area is 97.2 Å². The highest BCUT2D eigenvalue weighted by atomic mass is 79.9. The van der Waals surface area contributed by atoms with Crippen molar-refractivity contribution in [1.29, 1.82) is 0 Å². The number of ether oxygens (including phenoxy) is 1. The van der Waals surface area contributed by atoms with Crippen molar-refractivity contribution in [3.05, 3.63) is 22.2 Å². The Balaban J connectivity index is 2.80. The van der Waals surface area contributed by atoms with E-state index < -0.39 is 0 Å². The van der Waals surface area contributed by atoms with E-state index in [1.165, 1.54) is 6.07 Å². The molecule has 0 amide bonds. The van der Waals surface area contributed by atoms with E-state index >= 15 is 0 Å². The van der Waals surface area contributed by atoms with Crippen molar-refractivity contribution in [2.24, 2.45) is 0 Å². The van der Waals surface area contributed by atoms with Gasteiger partial charge in [-0.25, -0.2) is 0 Å². The van der Waals surface area contributed by atoms with E-state index in [9.17, 15) is 9.90 Å². The zero-order valence-corrected chi connectivity index (χ0v) is 10.1. The fourth-order valence-electron chi connectivity index (χ4n) is 1.09. The molecule has 0 fully saturated rings. The molecule has 1 aromatic rings. The molecular weight excluding hydrogens is 260 g/mol. The summed E-state index contributed by atoms with van der Waals surface area (Å²) in [7, 11) is 0. The molecule has 0 saturated carbocycles. The van der Waals surface area contributed by atoms with Crippen LogP contribution < -0.4 is 4.74 Å². The van der Waals surface area contributed by atoms with Crippen LogP contribution >= 0.6 is 15.9 Å². The van der Waals surface area contributed by atoms with Gasteiger partial charge in [-0.3, -0.25) is 4.79 Å². The molecule has 1 N–H and O–H groups in total. The second-order valence-corrected chi connectivity index (χ2v) is 4.02. The van der Waals surface area contributed by atoms with Gasteiger partial charge in [-0.1, -0.05) is 13.3 Å². The molecule has 0 unspecified atom stereocenters. The molecule has 0 saturated heterocycles. The summed E-state index contributed by atoms with van der Waals surface area (Å²) in [4.78, 5) is 10.5. The number of hydrogen-bond donors (Lipinski definition) is 1. The molecule has 3 nitrogen and oxygen atoms in total. The number of hydrogen-bond acceptors (Lipinski definition) is 3. The summed E-state index contributed by atoms with van der Waals surface area (Å²) in [6.07, 6.45) is 2.62. The van der Waals surface area contributed by atoms with E-state index in [4.69, 9.17) is 4.74 Å². The number of phenolic OH excluding ortho intramolecular Hbond substituents is 1. The van der Waals surface area contributed by atoms with Crippen molar-refractivity contribution >= 4 is 22.2 Å². The average Bonchev–Trinajstić information content (AvgIpc) is 2.23. The van der Waals surface area contributed by atoms with E-state index in [1.807, 2.05) is 0 Å². The zero-order valence-electron chi connectivity index (χ0n) is 8.50. The molecule has 0 bridgehead atoms. The van der Waals surface area contributed by atoms with Gasteiger partial charge < -0.3 is 9.84 Å². The lowest BCUT2D eigenvalue weighted by Crippen LogP contribution is -1.97. The molecule has 0 spiro atoms. The van der Waals surface area contributed by atoms with Gasteiger partial charge in [-0.05, 0) is 28.4 Å². The van der Waals surface area contributed by atoms with Crippen LogP contribution in [-0.2, 0) is 0 Å². The Kier molecular flexibility index (Phi) is 4.62. The third-order valence-corrected chi connectivity index (χ3v) is 2.58. The number of halogens is 1. The number of benzene rings is 1. The van der Waals surface area contributed by atoms with Crippen LogP contribution in [0.2, 0.25) is 0 Å². The molecule has 0 heterocycles. The third kappa shape index (κ3) is 3.23. The van der Waals surface area contributed by atoms with Gasteiger partial charge in [-0.2, -0.15) is 0 Å². The first kappa shape index (κ1) is 12.0. The molecule has 1 rings (SSSR count). The highest BCUT2D eigenvalue weighted by Gasteiger charge is 2.07. The van der Waals surface area contributed by atoms with Crippen molar-refractivity contribution in [2.45, 2.75) is 19.8 Å². The lowest BCUT2D eigenvalue weighted by atomic mass is 10.2. The fourth-order valence-corrected chi connectivity index (χ4v) is 1.57. The van der Waals surface area contributed by atoms with Crippen molar-refractivity contribution in [2.75, 3.05) is 6.61 Å². The number of carbonyl (C=O) groups excluding carboxylic acids is 1. The first-order chi connectivity index (χ1) is 7.19. The maximum absolute atomic E-state index is 10.5. The van der Waals surface area contributed by atoms with Gasteiger partial charge in [0.1, 0.15) is 11.5 Å². The van der Waals surface area contributed by atoms with Crippen LogP contribution in [0.3, 0.4) is 0 Å². The van der Waals surface area contributed by atoms with Gasteiger partial charge >= 0.3 is 0 Å². The van der Waals surface area contributed by atoms with Crippen LogP contribution in [0.15, 0.2) is 16.6 Å². The van der Waals surface area contributed by atoms with E-state index in [-0.39, 0.29) is 11.3 Å². The minimum atomic E-state index is -0.0558. The number of carbonyl (C=O) groups is 1. The van der Waals surface area contributed by atoms with Crippen molar-refractivity contribution in [3.8, 4) is 11.5 Å². The van der Waals surface area contributed by atoms with E-state index in [0.29, 0.717) is 23.1 Å². The molecule has 0 aromatic heterocycles. The summed E-state index contributed by atoms with van der Waals surface area (Å²) < 4.78 is 6.11. The topological polar surface area (TPSA) is 46.5 Å². The summed E-state index contributed by atoms with van der Waals surface area (Å²) in [5.74, 6) is 0.506. The molecule has 0 radical (unpaired) electrons. The van der Waals surface area contributed by atoms with Crippen LogP contribution in [0.1, 0.15) is 30.1 Å². The molecule has 0 aliphatic heterocycles. The summed E-state index contributed by atoms with van der Waals surface area (Å²) in [6, 6.07) is 2.99. The van der Waals surface area contributed by atoms with Crippen LogP contribution in [0.5, 0.6) is 11.5 Å². The zero-order chi connectivity index (χ0) is 11.3. The van der Waals surface area contributed by atoms with E-state index in [0.717, 1.165) is 12.8 Å². The third-order valence-electron chi connectivity index (χ3n) is 1.96. The second kappa shape index (κ2) is 5.75. The van der Waals surface area contributed by atoms with Crippen LogP contribution in [0.4, 0.5) is 0 Å². The van der Waals surface area contributed by atoms with Crippen molar-refractivity contribution in [1.82, 2.24) is 0 Å². The number of phenols is 1. The van der Waals surface area contributed by atoms with Crippen molar-refractivity contribution in [3.63, 3.8) is 0 Å². The predicted octanol–water partition coefficient (Wildman–Crippen LogP) is 3.15. The maximum atomic E-state index is 10.5. The highest BCUT2D eigenvalue weighted by Crippen LogP contribution is 2.31. The Morgan fingerprint density at radius 1 is 1.53 bits per heavy atom. The number of aromatic hydroxyl groups is 1. The van der Waals surface area contributed by atoms with Crippen LogP contribution in [0, 0.1) is 0 Å². The van der Waals surface area contributed by atoms with Gasteiger partial charge in [0.15, 0.2) is 6.29 Å². The minimum absolute atomic E-state index is 0.0558. The summed E-state index contributed by atoms with van der Waals surface area (Å²) >= 11 is 3.28. The molecular formula is C11H13BrO3. The fraction of sp³-hybridized carbons (Fsp3) is 0.364. The SMILES string of the molecule is CCCCOc1cc(O)c(C=O)cc1Br. The minimum Gasteiger partial charge on any atom is -0.507 e. The molecule has 1 aromatic carbocycles. The van der Waals surface area contributed by atoms with Crippen molar-refractivity contribution < 1.29 is 14.6 Å². The Morgan fingerprint density at radius 3 is 2.87 bits per heavy atom. The Morgan fingerprint density at radius 2 is 2.27 bits per heavy atom. The smallest absolute Gasteiger partial charge is 0.153 e. The van der Waals surface area contributed by atoms with Gasteiger partial charge in [0.2, 0.25) is 0 Å². The first-order valence-corrected chi connectivity index (χ1v) is 5.58. The molecule has 0 atom stereocenters. The lowest BCUT2D eigenvalue weighted by molar-refractivity contribution is 0.112. The largest absolute Gasteiger partial charge is 0.507 e. The Hall–Kier alpha value is -1.03. The van der Waals surface area contributed by atoms with Crippen LogP contribution in [0.25, 0.3) is 0 Å². The number of rotatable bonds is 5. The standard InChI is InChI=1S/C11H13BrO3/c1-2-3-4-15-11-6-10(14)8(7-13)5-9(11)12/h5-7,14H,2-4H2,1H3. The van der Waals surface area contributed by atoms with Gasteiger partial charge in [0.05, 0.1) is 16.6 Å². The molecule has 0 aliphatic rings. The quantitative estimate of drug-likeness (QED) is 0.662. The number of unbranched alkanes of at least 4 members (excludes halogenated alkanes) is 1. The summed E-state index contributed by atoms with van der Waals surface area (Å²) in [6.45, 7) is 2.68. The molecule has 0 aliphatic carbocycles. The molecule has 15 heavy (non-hydrogen) atoms. The first-order valence-electron chi connectivity index (χ1n) is 4.79. The average molecular weight is 273 g/mol. The summed E-state index contributed by atoms with van der Waals surface area (Å²) in [5.41, 5.74) is 0.254. The Bertz CT molecular complexity index is 350. The van der Waals surface area contributed by atoms with E-state index in [1.54, 1.807) is 6.07 Å². The lowest BCUT2D eigenvalue weighted by Gasteiger charge is -2.08. The predicted molar refractivity (Wildman–Crippen MR) is 61.6 cm³/mol. The number of aldehydes is 1. The highest BCUT2D eigenvalue weighted by molar-refractivity contribution is 9.10. The van der Waals surface area contributed by atoms with Gasteiger partial charge in [0.25, 0.3) is 0 Å². The maximum Gasteiger partial charge on any atom is 0.153 e. The van der Waals surface area contributed by atoms with Gasteiger partial charge in [-0.15, -0.1) is 0 Å².